The van der Waals surface area contributed by atoms with E-state index in [1.165, 1.54) is 31.0 Å². The molecule has 3 aliphatic rings. The van der Waals surface area contributed by atoms with E-state index in [2.05, 4.69) is 17.9 Å². The molecule has 0 aromatic heterocycles. The highest BCUT2D eigenvalue weighted by molar-refractivity contribution is 8.27. The van der Waals surface area contributed by atoms with Crippen molar-refractivity contribution in [3.8, 4) is 5.75 Å². The normalized spacial score (nSPS) is 23.8. The van der Waals surface area contributed by atoms with Crippen LogP contribution >= 0.6 is 35.7 Å². The van der Waals surface area contributed by atoms with Gasteiger partial charge in [-0.3, -0.25) is 9.69 Å². The fourth-order valence-electron chi connectivity index (χ4n) is 3.83. The number of thiocarbonyl (C=S) groups is 1. The molecular formula is C19H22N2O2S3. The smallest absolute Gasteiger partial charge is 0.269 e. The number of ether oxygens (including phenoxy) is 1. The van der Waals surface area contributed by atoms with Gasteiger partial charge in [0.1, 0.15) is 20.0 Å². The number of benzene rings is 1. The predicted molar refractivity (Wildman–Crippen MR) is 113 cm³/mol. The first-order valence-corrected chi connectivity index (χ1v) is 11.1. The van der Waals surface area contributed by atoms with Crippen LogP contribution in [0.25, 0.3) is 0 Å². The van der Waals surface area contributed by atoms with E-state index in [-0.39, 0.29) is 11.9 Å². The fraction of sp³-hybridized carbons (Fsp3) is 0.474. The number of anilines is 1. The van der Waals surface area contributed by atoms with Gasteiger partial charge in [0.25, 0.3) is 5.91 Å². The SMILES string of the molecule is CCN1/C(=C2\SC(=S)N(C3CCCCC3)C2=O)Sc2ccc(OC)cc21. The van der Waals surface area contributed by atoms with Crippen molar-refractivity contribution in [1.82, 2.24) is 4.90 Å². The zero-order chi connectivity index (χ0) is 18.3. The Kier molecular flexibility index (Phi) is 5.21. The molecular weight excluding hydrogens is 384 g/mol. The molecule has 4 nitrogen and oxygen atoms in total. The summed E-state index contributed by atoms with van der Waals surface area (Å²) in [5.74, 6) is 0.923. The third kappa shape index (κ3) is 3.04. The van der Waals surface area contributed by atoms with Crippen molar-refractivity contribution >= 4 is 51.7 Å². The van der Waals surface area contributed by atoms with Crippen molar-refractivity contribution in [3.63, 3.8) is 0 Å². The number of carbonyl (C=O) groups is 1. The van der Waals surface area contributed by atoms with Crippen LogP contribution in [0.2, 0.25) is 0 Å². The number of amides is 1. The average Bonchev–Trinajstić information content (AvgIpc) is 3.18. The van der Waals surface area contributed by atoms with Crippen LogP contribution in [-0.4, -0.2) is 34.8 Å². The highest BCUT2D eigenvalue weighted by Gasteiger charge is 2.41. The van der Waals surface area contributed by atoms with Gasteiger partial charge in [0.05, 0.1) is 12.8 Å². The summed E-state index contributed by atoms with van der Waals surface area (Å²) in [5.41, 5.74) is 1.11. The van der Waals surface area contributed by atoms with Gasteiger partial charge in [0, 0.05) is 23.5 Å². The number of nitrogens with zero attached hydrogens (tertiary/aromatic N) is 2. The third-order valence-electron chi connectivity index (χ3n) is 5.16. The third-order valence-corrected chi connectivity index (χ3v) is 7.86. The molecule has 1 aliphatic carbocycles. The van der Waals surface area contributed by atoms with E-state index < -0.39 is 0 Å². The van der Waals surface area contributed by atoms with Gasteiger partial charge < -0.3 is 9.64 Å². The Labute approximate surface area is 168 Å². The summed E-state index contributed by atoms with van der Waals surface area (Å²) in [5, 5.41) is 1.01. The second kappa shape index (κ2) is 7.44. The summed E-state index contributed by atoms with van der Waals surface area (Å²) in [6, 6.07) is 6.35. The summed E-state index contributed by atoms with van der Waals surface area (Å²) < 4.78 is 6.09. The van der Waals surface area contributed by atoms with Gasteiger partial charge in [-0.25, -0.2) is 0 Å². The molecule has 2 heterocycles. The van der Waals surface area contributed by atoms with Crippen LogP contribution in [0, 0.1) is 0 Å². The van der Waals surface area contributed by atoms with E-state index in [1.54, 1.807) is 18.9 Å². The molecule has 26 heavy (non-hydrogen) atoms. The van der Waals surface area contributed by atoms with Crippen LogP contribution in [-0.2, 0) is 4.79 Å². The molecule has 1 aromatic rings. The molecule has 0 spiro atoms. The van der Waals surface area contributed by atoms with E-state index in [0.717, 1.165) is 50.0 Å². The highest BCUT2D eigenvalue weighted by atomic mass is 32.2. The lowest BCUT2D eigenvalue weighted by Crippen LogP contribution is -2.40. The number of rotatable bonds is 3. The number of hydrogen-bond donors (Lipinski definition) is 0. The van der Waals surface area contributed by atoms with Crippen molar-refractivity contribution in [1.29, 1.82) is 0 Å². The molecule has 1 saturated carbocycles. The quantitative estimate of drug-likeness (QED) is 0.519. The van der Waals surface area contributed by atoms with E-state index in [9.17, 15) is 4.79 Å². The van der Waals surface area contributed by atoms with Crippen LogP contribution in [0.3, 0.4) is 0 Å². The van der Waals surface area contributed by atoms with Crippen LogP contribution in [0.1, 0.15) is 39.0 Å². The lowest BCUT2D eigenvalue weighted by atomic mass is 9.94. The lowest BCUT2D eigenvalue weighted by molar-refractivity contribution is -0.124. The number of thioether (sulfide) groups is 2. The summed E-state index contributed by atoms with van der Waals surface area (Å²) in [6.45, 7) is 2.91. The molecule has 2 fully saturated rings. The number of fused-ring (bicyclic) bond motifs is 1. The molecule has 0 N–H and O–H groups in total. The molecule has 2 aliphatic heterocycles. The Bertz CT molecular complexity index is 787. The first-order valence-electron chi connectivity index (χ1n) is 9.07. The van der Waals surface area contributed by atoms with Gasteiger partial charge in [-0.15, -0.1) is 0 Å². The Hall–Kier alpha value is -1.18. The molecule has 1 amide bonds. The molecule has 1 saturated heterocycles. The standard InChI is InChI=1S/C19H22N2O2S3/c1-3-20-14-11-13(23-2)9-10-15(14)25-18(20)16-17(22)21(19(24)26-16)12-7-5-4-6-8-12/h9-12H,3-8H2,1-2H3/b18-16+. The first-order chi connectivity index (χ1) is 12.6. The van der Waals surface area contributed by atoms with Gasteiger partial charge in [0.15, 0.2) is 0 Å². The molecule has 7 heteroatoms. The molecule has 138 valence electrons. The minimum atomic E-state index is 0.0904. The van der Waals surface area contributed by atoms with Crippen molar-refractivity contribution in [2.75, 3.05) is 18.6 Å². The maximum absolute atomic E-state index is 13.2. The summed E-state index contributed by atoms with van der Waals surface area (Å²) in [4.78, 5) is 19.3. The van der Waals surface area contributed by atoms with Gasteiger partial charge >= 0.3 is 0 Å². The van der Waals surface area contributed by atoms with Gasteiger partial charge in [-0.1, -0.05) is 55.0 Å². The number of hydrogen-bond acceptors (Lipinski definition) is 6. The minimum Gasteiger partial charge on any atom is -0.497 e. The van der Waals surface area contributed by atoms with E-state index in [4.69, 9.17) is 17.0 Å². The maximum atomic E-state index is 13.2. The monoisotopic (exact) mass is 406 g/mol. The first kappa shape index (κ1) is 18.2. The van der Waals surface area contributed by atoms with Crippen molar-refractivity contribution < 1.29 is 9.53 Å². The van der Waals surface area contributed by atoms with E-state index >= 15 is 0 Å². The average molecular weight is 407 g/mol. The molecule has 0 atom stereocenters. The van der Waals surface area contributed by atoms with Crippen LogP contribution in [0.5, 0.6) is 5.75 Å². The van der Waals surface area contributed by atoms with Crippen molar-refractivity contribution in [2.45, 2.75) is 50.0 Å². The highest BCUT2D eigenvalue weighted by Crippen LogP contribution is 2.52. The minimum absolute atomic E-state index is 0.0904. The molecule has 1 aromatic carbocycles. The van der Waals surface area contributed by atoms with Gasteiger partial charge in [-0.2, -0.15) is 0 Å². The number of methoxy groups -OCH3 is 1. The topological polar surface area (TPSA) is 32.8 Å². The molecule has 0 bridgehead atoms. The predicted octanol–water partition coefficient (Wildman–Crippen LogP) is 4.99. The second-order valence-electron chi connectivity index (χ2n) is 6.65. The van der Waals surface area contributed by atoms with Crippen LogP contribution in [0.4, 0.5) is 5.69 Å². The Morgan fingerprint density at radius 3 is 2.69 bits per heavy atom. The molecule has 0 unspecified atom stereocenters. The fourth-order valence-corrected chi connectivity index (χ4v) is 6.59. The molecule has 0 radical (unpaired) electrons. The molecule has 4 rings (SSSR count). The van der Waals surface area contributed by atoms with Crippen molar-refractivity contribution in [3.05, 3.63) is 28.1 Å². The zero-order valence-electron chi connectivity index (χ0n) is 15.0. The van der Waals surface area contributed by atoms with Crippen molar-refractivity contribution in [2.24, 2.45) is 0 Å². The second-order valence-corrected chi connectivity index (χ2v) is 9.32. The Morgan fingerprint density at radius 1 is 1.23 bits per heavy atom. The van der Waals surface area contributed by atoms with E-state index in [1.807, 2.05) is 17.0 Å². The van der Waals surface area contributed by atoms with Crippen LogP contribution in [0.15, 0.2) is 33.0 Å². The lowest BCUT2D eigenvalue weighted by Gasteiger charge is -2.30. The Morgan fingerprint density at radius 2 is 2.00 bits per heavy atom. The van der Waals surface area contributed by atoms with E-state index in [0.29, 0.717) is 0 Å². The maximum Gasteiger partial charge on any atom is 0.269 e. The Balaban J connectivity index is 1.68. The van der Waals surface area contributed by atoms with Gasteiger partial charge in [0.2, 0.25) is 0 Å². The number of carbonyl (C=O) groups excluding carboxylic acids is 1. The zero-order valence-corrected chi connectivity index (χ0v) is 17.4. The summed E-state index contributed by atoms with van der Waals surface area (Å²) in [7, 11) is 1.68. The summed E-state index contributed by atoms with van der Waals surface area (Å²) >= 11 is 8.73. The summed E-state index contributed by atoms with van der Waals surface area (Å²) in [6.07, 6.45) is 5.78. The van der Waals surface area contributed by atoms with Crippen LogP contribution < -0.4 is 9.64 Å². The van der Waals surface area contributed by atoms with Gasteiger partial charge in [-0.05, 0) is 31.9 Å². The largest absolute Gasteiger partial charge is 0.497 e.